The Hall–Kier alpha value is -5.46. The lowest BCUT2D eigenvalue weighted by Gasteiger charge is -2.21. The van der Waals surface area contributed by atoms with Gasteiger partial charge in [-0.05, 0) is 55.5 Å². The molecule has 42 heavy (non-hydrogen) atoms. The number of carbonyl (C=O) groups is 3. The molecule has 5 aromatic rings. The maximum absolute atomic E-state index is 13.6. The topological polar surface area (TPSA) is 154 Å². The molecule has 0 spiro atoms. The quantitative estimate of drug-likeness (QED) is 0.239. The minimum Gasteiger partial charge on any atom is -0.469 e. The third-order valence-corrected chi connectivity index (χ3v) is 6.75. The molecular weight excluding hydrogens is 542 g/mol. The number of imidazole rings is 1. The van der Waals surface area contributed by atoms with E-state index >= 15 is 0 Å². The summed E-state index contributed by atoms with van der Waals surface area (Å²) >= 11 is 0. The Bertz CT molecular complexity index is 1760. The number of carbonyl (C=O) groups excluding carboxylic acids is 3. The van der Waals surface area contributed by atoms with Crippen LogP contribution in [0, 0.1) is 0 Å². The van der Waals surface area contributed by atoms with E-state index in [9.17, 15) is 14.4 Å². The van der Waals surface area contributed by atoms with Gasteiger partial charge < -0.3 is 23.9 Å². The van der Waals surface area contributed by atoms with Crippen LogP contribution in [0.1, 0.15) is 35.6 Å². The van der Waals surface area contributed by atoms with E-state index in [1.165, 1.54) is 19.1 Å². The molecule has 0 fully saturated rings. The number of nitrogens with zero attached hydrogens (tertiary/aromatic N) is 5. The highest BCUT2D eigenvalue weighted by Gasteiger charge is 2.22. The van der Waals surface area contributed by atoms with E-state index in [1.54, 1.807) is 42.6 Å². The average molecular weight is 572 g/mol. The molecule has 0 aliphatic carbocycles. The SMILES string of the molecule is COC(=O)CCN(C(=O)c1ccc2c(c1)nc(C(C)Nc1ccc3onc(NC(=O)OC)c3c1)n2C)c1ccccn1. The van der Waals surface area contributed by atoms with Gasteiger partial charge in [0.25, 0.3) is 5.91 Å². The first-order chi connectivity index (χ1) is 20.3. The van der Waals surface area contributed by atoms with Crippen LogP contribution < -0.4 is 15.5 Å². The number of hydrogen-bond donors (Lipinski definition) is 2. The average Bonchev–Trinajstić information content (AvgIpc) is 3.56. The second kappa shape index (κ2) is 12.0. The number of amides is 2. The van der Waals surface area contributed by atoms with E-state index in [4.69, 9.17) is 14.2 Å². The summed E-state index contributed by atoms with van der Waals surface area (Å²) in [6.45, 7) is 2.08. The Kier molecular flexibility index (Phi) is 8.00. The normalized spacial score (nSPS) is 11.7. The molecule has 216 valence electrons. The van der Waals surface area contributed by atoms with Crippen molar-refractivity contribution in [3.8, 4) is 0 Å². The van der Waals surface area contributed by atoms with Gasteiger partial charge in [-0.15, -0.1) is 0 Å². The van der Waals surface area contributed by atoms with Crippen LogP contribution in [0.2, 0.25) is 0 Å². The molecule has 3 aromatic heterocycles. The number of hydrogen-bond acceptors (Lipinski definition) is 10. The number of ether oxygens (including phenoxy) is 2. The fourth-order valence-electron chi connectivity index (χ4n) is 4.61. The van der Waals surface area contributed by atoms with Crippen molar-refractivity contribution in [1.82, 2.24) is 19.7 Å². The van der Waals surface area contributed by atoms with Crippen LogP contribution in [0.3, 0.4) is 0 Å². The molecule has 5 rings (SSSR count). The molecule has 0 aliphatic rings. The minimum absolute atomic E-state index is 0.0267. The third-order valence-electron chi connectivity index (χ3n) is 6.75. The van der Waals surface area contributed by atoms with Crippen LogP contribution in [0.5, 0.6) is 0 Å². The lowest BCUT2D eigenvalue weighted by atomic mass is 10.1. The summed E-state index contributed by atoms with van der Waals surface area (Å²) in [5, 5.41) is 10.5. The first-order valence-electron chi connectivity index (χ1n) is 13.1. The Morgan fingerprint density at radius 3 is 2.64 bits per heavy atom. The number of rotatable bonds is 9. The van der Waals surface area contributed by atoms with Crippen molar-refractivity contribution in [1.29, 1.82) is 0 Å². The van der Waals surface area contributed by atoms with Gasteiger partial charge in [0, 0.05) is 31.0 Å². The zero-order valence-electron chi connectivity index (χ0n) is 23.5. The Morgan fingerprint density at radius 1 is 1.07 bits per heavy atom. The third kappa shape index (κ3) is 5.70. The van der Waals surface area contributed by atoms with Crippen molar-refractivity contribution < 1.29 is 28.4 Å². The molecule has 0 saturated heterocycles. The van der Waals surface area contributed by atoms with Crippen molar-refractivity contribution in [2.75, 3.05) is 36.3 Å². The fourth-order valence-corrected chi connectivity index (χ4v) is 4.61. The van der Waals surface area contributed by atoms with Gasteiger partial charge in [0.05, 0.1) is 43.1 Å². The maximum atomic E-state index is 13.6. The van der Waals surface area contributed by atoms with Gasteiger partial charge >= 0.3 is 12.1 Å². The van der Waals surface area contributed by atoms with Gasteiger partial charge in [-0.25, -0.2) is 14.8 Å². The molecule has 13 heteroatoms. The van der Waals surface area contributed by atoms with Crippen LogP contribution in [0.15, 0.2) is 65.3 Å². The van der Waals surface area contributed by atoms with Crippen LogP contribution in [-0.4, -0.2) is 58.4 Å². The fraction of sp³-hybridized carbons (Fsp3) is 0.241. The van der Waals surface area contributed by atoms with E-state index in [2.05, 4.69) is 25.5 Å². The number of anilines is 3. The van der Waals surface area contributed by atoms with Crippen molar-refractivity contribution >= 4 is 57.3 Å². The molecule has 1 atom stereocenters. The van der Waals surface area contributed by atoms with Crippen LogP contribution in [0.4, 0.5) is 22.1 Å². The second-order valence-electron chi connectivity index (χ2n) is 9.43. The molecule has 0 radical (unpaired) electrons. The molecule has 0 saturated carbocycles. The summed E-state index contributed by atoms with van der Waals surface area (Å²) in [6.07, 6.45) is 0.966. The number of esters is 1. The van der Waals surface area contributed by atoms with Gasteiger partial charge in [0.2, 0.25) is 0 Å². The van der Waals surface area contributed by atoms with Gasteiger partial charge in [0.1, 0.15) is 11.6 Å². The highest BCUT2D eigenvalue weighted by molar-refractivity contribution is 6.07. The van der Waals surface area contributed by atoms with E-state index in [-0.39, 0.29) is 30.7 Å². The lowest BCUT2D eigenvalue weighted by Crippen LogP contribution is -2.33. The van der Waals surface area contributed by atoms with Gasteiger partial charge in [-0.1, -0.05) is 11.2 Å². The number of fused-ring (bicyclic) bond motifs is 2. The highest BCUT2D eigenvalue weighted by atomic mass is 16.5. The first kappa shape index (κ1) is 28.1. The molecule has 3 heterocycles. The molecule has 2 amide bonds. The second-order valence-corrected chi connectivity index (χ2v) is 9.43. The Balaban J connectivity index is 1.39. The number of pyridine rings is 1. The van der Waals surface area contributed by atoms with Crippen LogP contribution >= 0.6 is 0 Å². The number of benzene rings is 2. The van der Waals surface area contributed by atoms with Crippen LogP contribution in [-0.2, 0) is 21.3 Å². The summed E-state index contributed by atoms with van der Waals surface area (Å²) < 4.78 is 16.6. The zero-order chi connectivity index (χ0) is 29.8. The lowest BCUT2D eigenvalue weighted by molar-refractivity contribution is -0.140. The van der Waals surface area contributed by atoms with Crippen molar-refractivity contribution in [2.24, 2.45) is 7.05 Å². The molecule has 0 aliphatic heterocycles. The number of aryl methyl sites for hydroxylation is 1. The number of methoxy groups -OCH3 is 2. The summed E-state index contributed by atoms with van der Waals surface area (Å²) in [4.78, 5) is 47.6. The van der Waals surface area contributed by atoms with E-state index < -0.39 is 12.1 Å². The molecule has 13 nitrogen and oxygen atoms in total. The van der Waals surface area contributed by atoms with Gasteiger partial charge in [-0.3, -0.25) is 19.8 Å². The van der Waals surface area contributed by atoms with Crippen molar-refractivity contribution in [3.63, 3.8) is 0 Å². The smallest absolute Gasteiger partial charge is 0.412 e. The van der Waals surface area contributed by atoms with Gasteiger partial charge in [0.15, 0.2) is 11.4 Å². The maximum Gasteiger partial charge on any atom is 0.412 e. The van der Waals surface area contributed by atoms with E-state index in [0.717, 1.165) is 17.0 Å². The first-order valence-corrected chi connectivity index (χ1v) is 13.1. The molecule has 2 aromatic carbocycles. The molecule has 1 unspecified atom stereocenters. The summed E-state index contributed by atoms with van der Waals surface area (Å²) in [6, 6.07) is 15.7. The summed E-state index contributed by atoms with van der Waals surface area (Å²) in [7, 11) is 4.48. The predicted molar refractivity (Wildman–Crippen MR) is 155 cm³/mol. The predicted octanol–water partition coefficient (Wildman–Crippen LogP) is 4.67. The van der Waals surface area contributed by atoms with Crippen LogP contribution in [0.25, 0.3) is 22.0 Å². The standard InChI is InChI=1S/C29H29N7O6/c1-17(31-19-9-11-23-20(16-19)26(34-42-23)33-29(39)41-4)27-32-21-15-18(8-10-22(21)35(27)2)28(38)36(14-12-25(37)40-3)24-7-5-6-13-30-24/h5-11,13,15-17,31H,12,14H2,1-4H3,(H,33,34,39). The van der Waals surface area contributed by atoms with Crippen molar-refractivity contribution in [3.05, 3.63) is 72.2 Å². The Morgan fingerprint density at radius 2 is 1.90 bits per heavy atom. The summed E-state index contributed by atoms with van der Waals surface area (Å²) in [5.41, 5.74) is 3.15. The van der Waals surface area contributed by atoms with E-state index in [0.29, 0.717) is 27.9 Å². The molecule has 0 bridgehead atoms. The largest absolute Gasteiger partial charge is 0.469 e. The number of aromatic nitrogens is 4. The van der Waals surface area contributed by atoms with E-state index in [1.807, 2.05) is 36.7 Å². The minimum atomic E-state index is -0.652. The molecular formula is C29H29N7O6. The zero-order valence-corrected chi connectivity index (χ0v) is 23.5. The highest BCUT2D eigenvalue weighted by Crippen LogP contribution is 2.29. The summed E-state index contributed by atoms with van der Waals surface area (Å²) in [5.74, 6) is 0.686. The monoisotopic (exact) mass is 571 g/mol. The Labute approximate surface area is 240 Å². The van der Waals surface area contributed by atoms with Crippen molar-refractivity contribution in [2.45, 2.75) is 19.4 Å². The number of nitrogens with one attached hydrogen (secondary N) is 2. The molecule has 2 N–H and O–H groups in total. The van der Waals surface area contributed by atoms with Gasteiger partial charge in [-0.2, -0.15) is 0 Å².